The van der Waals surface area contributed by atoms with Crippen LogP contribution in [0.25, 0.3) is 17.1 Å². The Kier molecular flexibility index (Phi) is 6.13. The topological polar surface area (TPSA) is 51.0 Å². The minimum atomic E-state index is 0.136. The molecule has 3 aromatic rings. The number of thioether (sulfide) groups is 1. The molecule has 0 N–H and O–H groups in total. The van der Waals surface area contributed by atoms with Crippen LogP contribution in [-0.2, 0) is 4.79 Å². The lowest BCUT2D eigenvalue weighted by Gasteiger charge is -2.15. The van der Waals surface area contributed by atoms with Gasteiger partial charge in [0.15, 0.2) is 11.0 Å². The van der Waals surface area contributed by atoms with Gasteiger partial charge in [0.2, 0.25) is 5.91 Å². The summed E-state index contributed by atoms with van der Waals surface area (Å²) in [5.41, 5.74) is 2.73. The molecule has 1 aromatic heterocycles. The first-order chi connectivity index (χ1) is 14.0. The molecule has 8 heteroatoms. The van der Waals surface area contributed by atoms with Crippen molar-refractivity contribution in [3.05, 3.63) is 58.1 Å². The molecular weight excluding hydrogens is 427 g/mol. The van der Waals surface area contributed by atoms with Crippen molar-refractivity contribution in [1.82, 2.24) is 19.7 Å². The summed E-state index contributed by atoms with van der Waals surface area (Å²) in [5.74, 6) is 1.15. The zero-order valence-electron chi connectivity index (χ0n) is 15.9. The number of nitrogens with zero attached hydrogens (tertiary/aromatic N) is 4. The Morgan fingerprint density at radius 1 is 1.07 bits per heavy atom. The summed E-state index contributed by atoms with van der Waals surface area (Å²) < 4.78 is 1.94. The van der Waals surface area contributed by atoms with Crippen LogP contribution in [-0.4, -0.2) is 44.4 Å². The van der Waals surface area contributed by atoms with Crippen molar-refractivity contribution in [2.24, 2.45) is 0 Å². The van der Waals surface area contributed by atoms with Crippen LogP contribution in [0.4, 0.5) is 0 Å². The number of amides is 1. The SMILES string of the molecule is Cc1ccc(-n2c(SCC(=O)N3CCCC3)nnc2-c2ccc(Cl)cc2)cc1Cl. The second-order valence-corrected chi connectivity index (χ2v) is 8.74. The molecule has 1 saturated heterocycles. The van der Waals surface area contributed by atoms with Gasteiger partial charge in [-0.3, -0.25) is 9.36 Å². The first-order valence-corrected chi connectivity index (χ1v) is 11.2. The van der Waals surface area contributed by atoms with Crippen molar-refractivity contribution in [3.8, 4) is 17.1 Å². The number of benzene rings is 2. The van der Waals surface area contributed by atoms with E-state index in [1.54, 1.807) is 0 Å². The van der Waals surface area contributed by atoms with E-state index in [0.717, 1.165) is 42.7 Å². The second-order valence-electron chi connectivity index (χ2n) is 6.96. The van der Waals surface area contributed by atoms with E-state index in [-0.39, 0.29) is 5.91 Å². The largest absolute Gasteiger partial charge is 0.342 e. The smallest absolute Gasteiger partial charge is 0.233 e. The Bertz CT molecular complexity index is 1030. The number of aromatic nitrogens is 3. The maximum absolute atomic E-state index is 12.5. The van der Waals surface area contributed by atoms with Gasteiger partial charge in [-0.1, -0.05) is 41.0 Å². The van der Waals surface area contributed by atoms with E-state index in [1.807, 2.05) is 58.9 Å². The van der Waals surface area contributed by atoms with Crippen LogP contribution in [0.3, 0.4) is 0 Å². The van der Waals surface area contributed by atoms with Crippen molar-refractivity contribution in [2.75, 3.05) is 18.8 Å². The maximum atomic E-state index is 12.5. The number of hydrogen-bond acceptors (Lipinski definition) is 4. The third-order valence-corrected chi connectivity index (χ3v) is 6.51. The highest BCUT2D eigenvalue weighted by Gasteiger charge is 2.21. The highest BCUT2D eigenvalue weighted by molar-refractivity contribution is 7.99. The molecule has 1 amide bonds. The summed E-state index contributed by atoms with van der Waals surface area (Å²) in [6, 6.07) is 13.3. The summed E-state index contributed by atoms with van der Waals surface area (Å²) in [6.45, 7) is 3.65. The normalized spacial score (nSPS) is 13.8. The van der Waals surface area contributed by atoms with E-state index in [2.05, 4.69) is 10.2 Å². The van der Waals surface area contributed by atoms with Gasteiger partial charge in [0.25, 0.3) is 0 Å². The standard InChI is InChI=1S/C21H20Cl2N4OS/c1-14-4-9-17(12-18(14)23)27-20(15-5-7-16(22)8-6-15)24-25-21(27)29-13-19(28)26-10-2-3-11-26/h4-9,12H,2-3,10-11,13H2,1H3. The van der Waals surface area contributed by atoms with Crippen LogP contribution in [0.15, 0.2) is 47.6 Å². The van der Waals surface area contributed by atoms with Crippen LogP contribution in [0.2, 0.25) is 10.0 Å². The van der Waals surface area contributed by atoms with E-state index >= 15 is 0 Å². The summed E-state index contributed by atoms with van der Waals surface area (Å²) in [6.07, 6.45) is 2.16. The van der Waals surface area contributed by atoms with Crippen molar-refractivity contribution in [2.45, 2.75) is 24.9 Å². The summed E-state index contributed by atoms with van der Waals surface area (Å²) in [5, 5.41) is 10.8. The van der Waals surface area contributed by atoms with Gasteiger partial charge >= 0.3 is 0 Å². The molecule has 0 saturated carbocycles. The van der Waals surface area contributed by atoms with Gasteiger partial charge in [-0.2, -0.15) is 0 Å². The lowest BCUT2D eigenvalue weighted by atomic mass is 10.2. The third-order valence-electron chi connectivity index (χ3n) is 4.93. The van der Waals surface area contributed by atoms with Crippen LogP contribution in [0.1, 0.15) is 18.4 Å². The van der Waals surface area contributed by atoms with Crippen LogP contribution in [0, 0.1) is 6.92 Å². The van der Waals surface area contributed by atoms with Gasteiger partial charge in [-0.15, -0.1) is 10.2 Å². The minimum absolute atomic E-state index is 0.136. The number of rotatable bonds is 5. The number of halogens is 2. The number of aryl methyl sites for hydroxylation is 1. The van der Waals surface area contributed by atoms with E-state index < -0.39 is 0 Å². The highest BCUT2D eigenvalue weighted by atomic mass is 35.5. The fraction of sp³-hybridized carbons (Fsp3) is 0.286. The summed E-state index contributed by atoms with van der Waals surface area (Å²) in [4.78, 5) is 14.4. The molecule has 2 aromatic carbocycles. The van der Waals surface area contributed by atoms with E-state index in [0.29, 0.717) is 26.8 Å². The zero-order chi connectivity index (χ0) is 20.4. The fourth-order valence-corrected chi connectivity index (χ4v) is 4.44. The first kappa shape index (κ1) is 20.3. The van der Waals surface area contributed by atoms with Crippen molar-refractivity contribution in [1.29, 1.82) is 0 Å². The molecule has 0 atom stereocenters. The van der Waals surface area contributed by atoms with E-state index in [9.17, 15) is 4.79 Å². The number of carbonyl (C=O) groups excluding carboxylic acids is 1. The van der Waals surface area contributed by atoms with E-state index in [4.69, 9.17) is 23.2 Å². The number of carbonyl (C=O) groups is 1. The van der Waals surface area contributed by atoms with Crippen molar-refractivity contribution < 1.29 is 4.79 Å². The summed E-state index contributed by atoms with van der Waals surface area (Å²) in [7, 11) is 0. The second kappa shape index (κ2) is 8.78. The Hall–Kier alpha value is -2.02. The Labute approximate surface area is 184 Å². The zero-order valence-corrected chi connectivity index (χ0v) is 18.3. The molecule has 0 spiro atoms. The third kappa shape index (κ3) is 4.44. The minimum Gasteiger partial charge on any atom is -0.342 e. The van der Waals surface area contributed by atoms with Gasteiger partial charge < -0.3 is 4.90 Å². The molecule has 1 aliphatic heterocycles. The monoisotopic (exact) mass is 446 g/mol. The first-order valence-electron chi connectivity index (χ1n) is 9.41. The predicted molar refractivity (Wildman–Crippen MR) is 118 cm³/mol. The van der Waals surface area contributed by atoms with Gasteiger partial charge in [0.05, 0.1) is 11.4 Å². The molecule has 0 unspecified atom stereocenters. The van der Waals surface area contributed by atoms with Crippen molar-refractivity contribution in [3.63, 3.8) is 0 Å². The molecular formula is C21H20Cl2N4OS. The Morgan fingerprint density at radius 3 is 2.48 bits per heavy atom. The molecule has 1 fully saturated rings. The summed E-state index contributed by atoms with van der Waals surface area (Å²) >= 11 is 13.8. The van der Waals surface area contributed by atoms with Gasteiger partial charge in [0, 0.05) is 28.7 Å². The van der Waals surface area contributed by atoms with Gasteiger partial charge in [-0.05, 0) is 61.7 Å². The average Bonchev–Trinajstić information content (AvgIpc) is 3.39. The Balaban J connectivity index is 1.69. The highest BCUT2D eigenvalue weighted by Crippen LogP contribution is 2.30. The predicted octanol–water partition coefficient (Wildman–Crippen LogP) is 5.26. The van der Waals surface area contributed by atoms with Gasteiger partial charge in [0.1, 0.15) is 0 Å². The molecule has 0 radical (unpaired) electrons. The van der Waals surface area contributed by atoms with E-state index in [1.165, 1.54) is 11.8 Å². The number of likely N-dealkylation sites (tertiary alicyclic amines) is 1. The van der Waals surface area contributed by atoms with Gasteiger partial charge in [-0.25, -0.2) is 0 Å². The van der Waals surface area contributed by atoms with Crippen LogP contribution >= 0.6 is 35.0 Å². The average molecular weight is 447 g/mol. The molecule has 1 aliphatic rings. The number of hydrogen-bond donors (Lipinski definition) is 0. The molecule has 0 bridgehead atoms. The molecule has 29 heavy (non-hydrogen) atoms. The maximum Gasteiger partial charge on any atom is 0.233 e. The molecule has 2 heterocycles. The molecule has 5 nitrogen and oxygen atoms in total. The lowest BCUT2D eigenvalue weighted by molar-refractivity contribution is -0.127. The molecule has 150 valence electrons. The molecule has 4 rings (SSSR count). The van der Waals surface area contributed by atoms with Crippen molar-refractivity contribution >= 4 is 40.9 Å². The fourth-order valence-electron chi connectivity index (χ4n) is 3.29. The lowest BCUT2D eigenvalue weighted by Crippen LogP contribution is -2.29. The van der Waals surface area contributed by atoms with Crippen LogP contribution < -0.4 is 0 Å². The Morgan fingerprint density at radius 2 is 1.79 bits per heavy atom. The molecule has 0 aliphatic carbocycles. The quantitative estimate of drug-likeness (QED) is 0.501. The van der Waals surface area contributed by atoms with Crippen LogP contribution in [0.5, 0.6) is 0 Å².